The van der Waals surface area contributed by atoms with Crippen molar-refractivity contribution in [3.8, 4) is 5.75 Å². The monoisotopic (exact) mass is 335 g/mol. The van der Waals surface area contributed by atoms with Gasteiger partial charge in [-0.15, -0.1) is 0 Å². The lowest BCUT2D eigenvalue weighted by atomic mass is 10.1. The Hall–Kier alpha value is -0.920. The van der Waals surface area contributed by atoms with Gasteiger partial charge in [-0.3, -0.25) is 4.55 Å². The summed E-state index contributed by atoms with van der Waals surface area (Å²) >= 11 is 0.788. The number of ether oxygens (including phenoxy) is 1. The van der Waals surface area contributed by atoms with E-state index in [0.29, 0.717) is 10.2 Å². The van der Waals surface area contributed by atoms with Crippen molar-refractivity contribution >= 4 is 33.3 Å². The van der Waals surface area contributed by atoms with Crippen LogP contribution in [0.2, 0.25) is 0 Å². The second-order valence-electron chi connectivity index (χ2n) is 4.49. The van der Waals surface area contributed by atoms with Crippen LogP contribution in [0.1, 0.15) is 20.8 Å². The van der Waals surface area contributed by atoms with Crippen LogP contribution in [0.15, 0.2) is 28.7 Å². The van der Waals surface area contributed by atoms with Gasteiger partial charge in [0, 0.05) is 0 Å². The van der Waals surface area contributed by atoms with E-state index in [2.05, 4.69) is 15.9 Å². The summed E-state index contributed by atoms with van der Waals surface area (Å²) in [4.78, 5) is 11.9. The zero-order chi connectivity index (χ0) is 13.9. The fourth-order valence-electron chi connectivity index (χ4n) is 1.23. The Kier molecular flexibility index (Phi) is 4.89. The number of amides is 1. The Morgan fingerprint density at radius 2 is 1.94 bits per heavy atom. The normalized spacial score (nSPS) is 12.9. The first-order chi connectivity index (χ1) is 8.23. The van der Waals surface area contributed by atoms with Crippen LogP contribution in [0, 0.1) is 0 Å². The Bertz CT molecular complexity index is 472. The molecule has 0 aliphatic carbocycles. The van der Waals surface area contributed by atoms with Crippen molar-refractivity contribution in [2.24, 2.45) is 0 Å². The Morgan fingerprint density at radius 1 is 1.39 bits per heavy atom. The van der Waals surface area contributed by atoms with Crippen LogP contribution in [0.25, 0.3) is 0 Å². The predicted octanol–water partition coefficient (Wildman–Crippen LogP) is 3.19. The average Bonchev–Trinajstić information content (AvgIpc) is 2.18. The summed E-state index contributed by atoms with van der Waals surface area (Å²) in [6, 6.07) is 6.76. The molecule has 100 valence electrons. The maximum absolute atomic E-state index is 11.9. The Labute approximate surface area is 117 Å². The van der Waals surface area contributed by atoms with Crippen LogP contribution >= 0.6 is 15.9 Å². The molecule has 0 heterocycles. The summed E-state index contributed by atoms with van der Waals surface area (Å²) in [5.74, 6) is 0.294. The second-order valence-corrected chi connectivity index (χ2v) is 6.18. The molecular formula is C11H14BrNO4S. The van der Waals surface area contributed by atoms with Gasteiger partial charge in [0.25, 0.3) is 11.3 Å². The van der Waals surface area contributed by atoms with Crippen LogP contribution < -0.4 is 4.74 Å². The summed E-state index contributed by atoms with van der Waals surface area (Å²) in [6.07, 6.45) is -0.879. The van der Waals surface area contributed by atoms with Crippen LogP contribution in [-0.4, -0.2) is 24.7 Å². The van der Waals surface area contributed by atoms with Gasteiger partial charge in [0.05, 0.1) is 10.0 Å². The molecule has 0 fully saturated rings. The molecule has 1 aromatic rings. The van der Waals surface area contributed by atoms with Gasteiger partial charge in [-0.25, -0.2) is 9.00 Å². The molecule has 0 aromatic heterocycles. The van der Waals surface area contributed by atoms with Gasteiger partial charge in [0.2, 0.25) is 0 Å². The highest BCUT2D eigenvalue weighted by molar-refractivity contribution is 9.10. The highest BCUT2D eigenvalue weighted by Gasteiger charge is 2.33. The molecule has 0 saturated carbocycles. The zero-order valence-electron chi connectivity index (χ0n) is 10.2. The van der Waals surface area contributed by atoms with Gasteiger partial charge in [-0.05, 0) is 48.8 Å². The first-order valence-electron chi connectivity index (χ1n) is 5.11. The number of halogens is 1. The fourth-order valence-corrected chi connectivity index (χ4v) is 2.23. The lowest BCUT2D eigenvalue weighted by molar-refractivity contribution is 0.152. The molecule has 0 aliphatic heterocycles. The molecule has 5 nitrogen and oxygen atoms in total. The van der Waals surface area contributed by atoms with E-state index in [1.54, 1.807) is 45.0 Å². The standard InChI is InChI=1S/C11H14BrNO4S/c1-11(2,3)13(18(15)16)10(14)17-9-7-5-4-6-8(9)12/h4-7H,1-3H3,(H,15,16). The number of carbonyl (C=O) groups excluding carboxylic acids is 1. The number of carbonyl (C=O) groups is 1. The quantitative estimate of drug-likeness (QED) is 0.843. The topological polar surface area (TPSA) is 66.8 Å². The number of nitrogens with zero attached hydrogens (tertiary/aromatic N) is 1. The molecule has 0 radical (unpaired) electrons. The van der Waals surface area contributed by atoms with Gasteiger partial charge in [-0.2, -0.15) is 4.31 Å². The summed E-state index contributed by atoms with van der Waals surface area (Å²) in [5.41, 5.74) is -0.821. The van der Waals surface area contributed by atoms with Crippen molar-refractivity contribution in [3.63, 3.8) is 0 Å². The van der Waals surface area contributed by atoms with E-state index in [4.69, 9.17) is 9.29 Å². The van der Waals surface area contributed by atoms with Crippen molar-refractivity contribution in [1.29, 1.82) is 0 Å². The number of hydrogen-bond donors (Lipinski definition) is 1. The number of para-hydroxylation sites is 1. The van der Waals surface area contributed by atoms with E-state index in [9.17, 15) is 9.00 Å². The number of benzene rings is 1. The van der Waals surface area contributed by atoms with Crippen LogP contribution in [0.4, 0.5) is 4.79 Å². The third-order valence-corrected chi connectivity index (χ3v) is 3.63. The zero-order valence-corrected chi connectivity index (χ0v) is 12.6. The van der Waals surface area contributed by atoms with E-state index in [-0.39, 0.29) is 0 Å². The van der Waals surface area contributed by atoms with E-state index >= 15 is 0 Å². The molecule has 1 amide bonds. The minimum absolute atomic E-state index is 0.294. The minimum Gasteiger partial charge on any atom is -0.408 e. The van der Waals surface area contributed by atoms with Gasteiger partial charge < -0.3 is 4.74 Å². The average molecular weight is 336 g/mol. The maximum Gasteiger partial charge on any atom is 0.429 e. The van der Waals surface area contributed by atoms with Gasteiger partial charge in [0.15, 0.2) is 0 Å². The molecule has 1 unspecified atom stereocenters. The number of hydrogen-bond acceptors (Lipinski definition) is 3. The fraction of sp³-hybridized carbons (Fsp3) is 0.364. The van der Waals surface area contributed by atoms with Gasteiger partial charge in [-0.1, -0.05) is 12.1 Å². The molecule has 1 rings (SSSR count). The maximum atomic E-state index is 11.9. The van der Waals surface area contributed by atoms with Crippen LogP contribution in [0.5, 0.6) is 5.75 Å². The van der Waals surface area contributed by atoms with Crippen molar-refractivity contribution < 1.29 is 18.3 Å². The highest BCUT2D eigenvalue weighted by Crippen LogP contribution is 2.26. The van der Waals surface area contributed by atoms with Crippen LogP contribution in [-0.2, 0) is 11.3 Å². The van der Waals surface area contributed by atoms with Crippen molar-refractivity contribution in [2.45, 2.75) is 26.3 Å². The first kappa shape index (κ1) is 15.1. The second kappa shape index (κ2) is 5.81. The molecule has 1 aromatic carbocycles. The molecule has 0 spiro atoms. The summed E-state index contributed by atoms with van der Waals surface area (Å²) in [7, 11) is 0. The smallest absolute Gasteiger partial charge is 0.408 e. The lowest BCUT2D eigenvalue weighted by Crippen LogP contribution is -2.47. The Balaban J connectivity index is 2.94. The SMILES string of the molecule is CC(C)(C)N(C(=O)Oc1ccccc1Br)S(=O)O. The summed E-state index contributed by atoms with van der Waals surface area (Å²) in [5, 5.41) is 0. The van der Waals surface area contributed by atoms with Crippen molar-refractivity contribution in [1.82, 2.24) is 4.31 Å². The molecule has 0 aliphatic rings. The molecular weight excluding hydrogens is 322 g/mol. The minimum atomic E-state index is -2.44. The van der Waals surface area contributed by atoms with Crippen LogP contribution in [0.3, 0.4) is 0 Å². The molecule has 1 N–H and O–H groups in total. The summed E-state index contributed by atoms with van der Waals surface area (Å²) in [6.45, 7) is 4.92. The van der Waals surface area contributed by atoms with Crippen molar-refractivity contribution in [3.05, 3.63) is 28.7 Å². The predicted molar refractivity (Wildman–Crippen MR) is 72.5 cm³/mol. The third-order valence-electron chi connectivity index (χ3n) is 1.97. The van der Waals surface area contributed by atoms with E-state index in [0.717, 1.165) is 4.31 Å². The molecule has 7 heteroatoms. The lowest BCUT2D eigenvalue weighted by Gasteiger charge is -2.30. The van der Waals surface area contributed by atoms with Gasteiger partial charge >= 0.3 is 6.09 Å². The van der Waals surface area contributed by atoms with E-state index < -0.39 is 22.9 Å². The van der Waals surface area contributed by atoms with Gasteiger partial charge in [0.1, 0.15) is 5.75 Å². The third kappa shape index (κ3) is 3.79. The van der Waals surface area contributed by atoms with E-state index in [1.807, 2.05) is 0 Å². The molecule has 0 saturated heterocycles. The Morgan fingerprint density at radius 3 is 2.39 bits per heavy atom. The molecule has 0 bridgehead atoms. The number of rotatable bonds is 2. The highest BCUT2D eigenvalue weighted by atomic mass is 79.9. The summed E-state index contributed by atoms with van der Waals surface area (Å²) < 4.78 is 26.8. The molecule has 1 atom stereocenters. The van der Waals surface area contributed by atoms with E-state index in [1.165, 1.54) is 0 Å². The van der Waals surface area contributed by atoms with Crippen molar-refractivity contribution in [2.75, 3.05) is 0 Å². The first-order valence-corrected chi connectivity index (χ1v) is 6.96. The largest absolute Gasteiger partial charge is 0.429 e. The molecule has 18 heavy (non-hydrogen) atoms.